The Hall–Kier alpha value is -0.870. The maximum absolute atomic E-state index is 12.0. The van der Waals surface area contributed by atoms with E-state index in [1.165, 1.54) is 0 Å². The summed E-state index contributed by atoms with van der Waals surface area (Å²) in [4.78, 5) is 16.3. The molecule has 0 aromatic rings. The van der Waals surface area contributed by atoms with Gasteiger partial charge >= 0.3 is 0 Å². The first-order chi connectivity index (χ1) is 7.81. The Kier molecular flexibility index (Phi) is 3.96. The highest BCUT2D eigenvalue weighted by atomic mass is 16.5. The quantitative estimate of drug-likeness (QED) is 0.654. The third-order valence-corrected chi connectivity index (χ3v) is 3.28. The second-order valence-corrected chi connectivity index (χ2v) is 4.42. The van der Waals surface area contributed by atoms with Crippen molar-refractivity contribution in [2.45, 2.75) is 18.9 Å². The van der Waals surface area contributed by atoms with Crippen LogP contribution in [0, 0.1) is 0 Å². The van der Waals surface area contributed by atoms with Crippen molar-refractivity contribution in [3.8, 4) is 0 Å². The molecule has 0 aromatic carbocycles. The molecular formula is C12H20N2O2. The topological polar surface area (TPSA) is 32.8 Å². The Morgan fingerprint density at radius 1 is 1.38 bits per heavy atom. The van der Waals surface area contributed by atoms with Gasteiger partial charge in [0.25, 0.3) is 5.91 Å². The van der Waals surface area contributed by atoms with Crippen LogP contribution in [0.4, 0.5) is 0 Å². The van der Waals surface area contributed by atoms with E-state index >= 15 is 0 Å². The van der Waals surface area contributed by atoms with Gasteiger partial charge in [-0.15, -0.1) is 6.58 Å². The molecule has 0 spiro atoms. The van der Waals surface area contributed by atoms with E-state index in [0.29, 0.717) is 0 Å². The fourth-order valence-electron chi connectivity index (χ4n) is 2.31. The molecule has 2 fully saturated rings. The van der Waals surface area contributed by atoms with Crippen molar-refractivity contribution in [3.63, 3.8) is 0 Å². The van der Waals surface area contributed by atoms with Crippen LogP contribution in [-0.4, -0.2) is 61.1 Å². The van der Waals surface area contributed by atoms with Gasteiger partial charge in [-0.05, 0) is 12.8 Å². The molecule has 0 bridgehead atoms. The van der Waals surface area contributed by atoms with E-state index < -0.39 is 0 Å². The molecule has 0 aliphatic carbocycles. The van der Waals surface area contributed by atoms with Gasteiger partial charge in [0.1, 0.15) is 6.10 Å². The van der Waals surface area contributed by atoms with Crippen LogP contribution < -0.4 is 0 Å². The van der Waals surface area contributed by atoms with E-state index in [0.717, 1.165) is 52.2 Å². The molecule has 2 heterocycles. The molecule has 90 valence electrons. The summed E-state index contributed by atoms with van der Waals surface area (Å²) in [6.45, 7) is 8.94. The van der Waals surface area contributed by atoms with Gasteiger partial charge in [0.05, 0.1) is 0 Å². The normalized spacial score (nSPS) is 27.0. The Bertz CT molecular complexity index is 254. The van der Waals surface area contributed by atoms with Crippen LogP contribution in [0.2, 0.25) is 0 Å². The Labute approximate surface area is 96.8 Å². The molecule has 16 heavy (non-hydrogen) atoms. The molecule has 0 saturated carbocycles. The van der Waals surface area contributed by atoms with E-state index in [4.69, 9.17) is 4.74 Å². The van der Waals surface area contributed by atoms with Crippen molar-refractivity contribution < 1.29 is 9.53 Å². The van der Waals surface area contributed by atoms with Crippen LogP contribution in [-0.2, 0) is 9.53 Å². The van der Waals surface area contributed by atoms with Crippen molar-refractivity contribution in [1.29, 1.82) is 0 Å². The van der Waals surface area contributed by atoms with E-state index in [1.807, 2.05) is 11.0 Å². The summed E-state index contributed by atoms with van der Waals surface area (Å²) in [5.74, 6) is 0.191. The Balaban J connectivity index is 1.79. The maximum atomic E-state index is 12.0. The number of hydrogen-bond acceptors (Lipinski definition) is 3. The number of rotatable bonds is 3. The first-order valence-electron chi connectivity index (χ1n) is 6.05. The zero-order chi connectivity index (χ0) is 11.4. The SMILES string of the molecule is C=CCN1CCN(C(=O)C2CCCO2)CC1. The minimum Gasteiger partial charge on any atom is -0.368 e. The lowest BCUT2D eigenvalue weighted by Crippen LogP contribution is -2.51. The molecule has 1 amide bonds. The van der Waals surface area contributed by atoms with Crippen LogP contribution in [0.15, 0.2) is 12.7 Å². The van der Waals surface area contributed by atoms with Crippen molar-refractivity contribution in [1.82, 2.24) is 9.80 Å². The average Bonchev–Trinajstić information content (AvgIpc) is 2.83. The van der Waals surface area contributed by atoms with E-state index in [9.17, 15) is 4.79 Å². The highest BCUT2D eigenvalue weighted by Gasteiger charge is 2.29. The number of hydrogen-bond donors (Lipinski definition) is 0. The number of carbonyl (C=O) groups is 1. The van der Waals surface area contributed by atoms with Crippen LogP contribution in [0.3, 0.4) is 0 Å². The molecule has 2 aliphatic rings. The lowest BCUT2D eigenvalue weighted by molar-refractivity contribution is -0.142. The molecule has 1 unspecified atom stereocenters. The Morgan fingerprint density at radius 2 is 2.12 bits per heavy atom. The summed E-state index contributed by atoms with van der Waals surface area (Å²) in [6.07, 6.45) is 3.67. The monoisotopic (exact) mass is 224 g/mol. The largest absolute Gasteiger partial charge is 0.368 e. The lowest BCUT2D eigenvalue weighted by Gasteiger charge is -2.35. The minimum atomic E-state index is -0.161. The summed E-state index contributed by atoms with van der Waals surface area (Å²) in [6, 6.07) is 0. The third kappa shape index (κ3) is 2.62. The molecule has 4 heteroatoms. The summed E-state index contributed by atoms with van der Waals surface area (Å²) in [5.41, 5.74) is 0. The molecule has 2 aliphatic heterocycles. The molecule has 0 N–H and O–H groups in total. The van der Waals surface area contributed by atoms with E-state index in [1.54, 1.807) is 0 Å². The van der Waals surface area contributed by atoms with Crippen LogP contribution in [0.1, 0.15) is 12.8 Å². The first kappa shape index (κ1) is 11.6. The molecule has 2 rings (SSSR count). The summed E-state index contributed by atoms with van der Waals surface area (Å²) >= 11 is 0. The predicted octanol–water partition coefficient (Wildman–Crippen LogP) is 0.496. The van der Waals surface area contributed by atoms with Gasteiger partial charge in [-0.1, -0.05) is 6.08 Å². The third-order valence-electron chi connectivity index (χ3n) is 3.28. The van der Waals surface area contributed by atoms with Gasteiger partial charge < -0.3 is 9.64 Å². The number of piperazine rings is 1. The van der Waals surface area contributed by atoms with Gasteiger partial charge in [-0.2, -0.15) is 0 Å². The molecule has 0 aromatic heterocycles. The summed E-state index contributed by atoms with van der Waals surface area (Å²) < 4.78 is 5.42. The number of carbonyl (C=O) groups excluding carboxylic acids is 1. The van der Waals surface area contributed by atoms with Crippen molar-refractivity contribution in [2.24, 2.45) is 0 Å². The lowest BCUT2D eigenvalue weighted by atomic mass is 10.2. The number of ether oxygens (including phenoxy) is 1. The van der Waals surface area contributed by atoms with Gasteiger partial charge in [-0.25, -0.2) is 0 Å². The van der Waals surface area contributed by atoms with Crippen molar-refractivity contribution >= 4 is 5.91 Å². The van der Waals surface area contributed by atoms with Gasteiger partial charge in [0.2, 0.25) is 0 Å². The highest BCUT2D eigenvalue weighted by Crippen LogP contribution is 2.15. The van der Waals surface area contributed by atoms with Crippen LogP contribution >= 0.6 is 0 Å². The Morgan fingerprint density at radius 3 is 2.69 bits per heavy atom. The molecule has 2 saturated heterocycles. The number of amides is 1. The molecular weight excluding hydrogens is 204 g/mol. The minimum absolute atomic E-state index is 0.161. The fraction of sp³-hybridized carbons (Fsp3) is 0.750. The smallest absolute Gasteiger partial charge is 0.251 e. The fourth-order valence-corrected chi connectivity index (χ4v) is 2.31. The van der Waals surface area contributed by atoms with Crippen LogP contribution in [0.25, 0.3) is 0 Å². The average molecular weight is 224 g/mol. The predicted molar refractivity (Wildman–Crippen MR) is 62.2 cm³/mol. The molecule has 0 radical (unpaired) electrons. The van der Waals surface area contributed by atoms with Gasteiger partial charge in [0.15, 0.2) is 0 Å². The van der Waals surface area contributed by atoms with Gasteiger partial charge in [0, 0.05) is 39.3 Å². The van der Waals surface area contributed by atoms with E-state index in [2.05, 4.69) is 11.5 Å². The summed E-state index contributed by atoms with van der Waals surface area (Å²) in [7, 11) is 0. The van der Waals surface area contributed by atoms with E-state index in [-0.39, 0.29) is 12.0 Å². The first-order valence-corrected chi connectivity index (χ1v) is 6.05. The molecule has 4 nitrogen and oxygen atoms in total. The second kappa shape index (κ2) is 5.46. The van der Waals surface area contributed by atoms with Crippen molar-refractivity contribution in [3.05, 3.63) is 12.7 Å². The maximum Gasteiger partial charge on any atom is 0.251 e. The van der Waals surface area contributed by atoms with Crippen LogP contribution in [0.5, 0.6) is 0 Å². The zero-order valence-corrected chi connectivity index (χ0v) is 9.73. The second-order valence-electron chi connectivity index (χ2n) is 4.42. The zero-order valence-electron chi connectivity index (χ0n) is 9.73. The molecule has 1 atom stereocenters. The highest BCUT2D eigenvalue weighted by molar-refractivity contribution is 5.81. The standard InChI is InChI=1S/C12H20N2O2/c1-2-5-13-6-8-14(9-7-13)12(15)11-4-3-10-16-11/h2,11H,1,3-10H2. The van der Waals surface area contributed by atoms with Gasteiger partial charge in [-0.3, -0.25) is 9.69 Å². The number of nitrogens with zero attached hydrogens (tertiary/aromatic N) is 2. The summed E-state index contributed by atoms with van der Waals surface area (Å²) in [5, 5.41) is 0. The van der Waals surface area contributed by atoms with Crippen molar-refractivity contribution in [2.75, 3.05) is 39.3 Å².